The molecule has 0 fully saturated rings. The largest absolute Gasteiger partial charge is 0.394 e. The molecule has 5 nitrogen and oxygen atoms in total. The van der Waals surface area contributed by atoms with E-state index in [4.69, 9.17) is 0 Å². The van der Waals surface area contributed by atoms with Gasteiger partial charge in [0.15, 0.2) is 0 Å². The van der Waals surface area contributed by atoms with Crippen LogP contribution in [0.25, 0.3) is 0 Å². The van der Waals surface area contributed by atoms with Gasteiger partial charge in [-0.15, -0.1) is 0 Å². The van der Waals surface area contributed by atoms with Crippen molar-refractivity contribution in [3.8, 4) is 0 Å². The van der Waals surface area contributed by atoms with Gasteiger partial charge in [0.25, 0.3) is 0 Å². The number of aliphatic hydroxyl groups is 3. The summed E-state index contributed by atoms with van der Waals surface area (Å²) in [6.45, 7) is 4.22. The highest BCUT2D eigenvalue weighted by Gasteiger charge is 2.21. The quantitative estimate of drug-likeness (QED) is 0.0449. The summed E-state index contributed by atoms with van der Waals surface area (Å²) in [5, 5.41) is 33.1. The Labute approximate surface area is 261 Å². The average Bonchev–Trinajstić information content (AvgIpc) is 2.98. The topological polar surface area (TPSA) is 89.8 Å². The van der Waals surface area contributed by atoms with Crippen LogP contribution >= 0.6 is 0 Å². The molecule has 3 atom stereocenters. The number of hydrogen-bond acceptors (Lipinski definition) is 4. The number of amides is 1. The second-order valence-electron chi connectivity index (χ2n) is 12.8. The molecule has 0 bridgehead atoms. The van der Waals surface area contributed by atoms with Crippen molar-refractivity contribution in [1.82, 2.24) is 5.32 Å². The van der Waals surface area contributed by atoms with Crippen LogP contribution in [0.1, 0.15) is 194 Å². The molecule has 0 aromatic rings. The number of unbranched alkanes of at least 4 members (excludes halogenated alkanes) is 22. The third-order valence-electron chi connectivity index (χ3n) is 8.58. The van der Waals surface area contributed by atoms with Gasteiger partial charge >= 0.3 is 0 Å². The molecule has 4 N–H and O–H groups in total. The summed E-state index contributed by atoms with van der Waals surface area (Å²) in [6.07, 6.45) is 36.0. The SMILES string of the molecule is CCCCCCCCCCC/C=C\CCCCCCCC(O)CC(=O)NC(CO)C(O)CCCCCCCCCCC. The Kier molecular flexibility index (Phi) is 32.3. The Balaban J connectivity index is 3.65. The van der Waals surface area contributed by atoms with Gasteiger partial charge in [0, 0.05) is 0 Å². The highest BCUT2D eigenvalue weighted by atomic mass is 16.3. The average molecular weight is 596 g/mol. The van der Waals surface area contributed by atoms with E-state index in [0.29, 0.717) is 12.8 Å². The first-order valence-electron chi connectivity index (χ1n) is 18.5. The number of allylic oxidation sites excluding steroid dienone is 2. The van der Waals surface area contributed by atoms with Crippen molar-refractivity contribution in [2.24, 2.45) is 0 Å². The molecule has 42 heavy (non-hydrogen) atoms. The predicted molar refractivity (Wildman–Crippen MR) is 181 cm³/mol. The van der Waals surface area contributed by atoms with Gasteiger partial charge in [0.1, 0.15) is 0 Å². The minimum absolute atomic E-state index is 0.0327. The molecule has 250 valence electrons. The Morgan fingerprint density at radius 2 is 0.952 bits per heavy atom. The second kappa shape index (κ2) is 33.0. The third-order valence-corrected chi connectivity index (χ3v) is 8.58. The van der Waals surface area contributed by atoms with Gasteiger partial charge in [-0.2, -0.15) is 0 Å². The molecule has 0 aliphatic carbocycles. The van der Waals surface area contributed by atoms with E-state index >= 15 is 0 Å². The number of nitrogens with one attached hydrogen (secondary N) is 1. The van der Waals surface area contributed by atoms with Crippen LogP contribution in [0.2, 0.25) is 0 Å². The zero-order chi connectivity index (χ0) is 30.9. The number of carbonyl (C=O) groups excluding carboxylic acids is 1. The van der Waals surface area contributed by atoms with Gasteiger partial charge < -0.3 is 20.6 Å². The summed E-state index contributed by atoms with van der Waals surface area (Å²) in [6, 6.07) is -0.655. The summed E-state index contributed by atoms with van der Waals surface area (Å²) in [5.74, 6) is -0.290. The van der Waals surface area contributed by atoms with Crippen molar-refractivity contribution >= 4 is 5.91 Å². The lowest BCUT2D eigenvalue weighted by molar-refractivity contribution is -0.125. The lowest BCUT2D eigenvalue weighted by Crippen LogP contribution is -2.46. The zero-order valence-electron chi connectivity index (χ0n) is 28.1. The second-order valence-corrected chi connectivity index (χ2v) is 12.8. The van der Waals surface area contributed by atoms with Crippen molar-refractivity contribution in [2.45, 2.75) is 212 Å². The minimum Gasteiger partial charge on any atom is -0.394 e. The number of carbonyl (C=O) groups is 1. The van der Waals surface area contributed by atoms with Crippen LogP contribution in [0.4, 0.5) is 0 Å². The van der Waals surface area contributed by atoms with E-state index in [1.165, 1.54) is 128 Å². The molecule has 0 rings (SSSR count). The molecule has 0 aromatic heterocycles. The number of rotatable bonds is 33. The fraction of sp³-hybridized carbons (Fsp3) is 0.919. The summed E-state index contributed by atoms with van der Waals surface area (Å²) < 4.78 is 0. The van der Waals surface area contributed by atoms with E-state index in [0.717, 1.165) is 32.1 Å². The van der Waals surface area contributed by atoms with Gasteiger partial charge in [-0.25, -0.2) is 0 Å². The lowest BCUT2D eigenvalue weighted by Gasteiger charge is -2.23. The van der Waals surface area contributed by atoms with Crippen molar-refractivity contribution in [3.05, 3.63) is 12.2 Å². The fourth-order valence-electron chi connectivity index (χ4n) is 5.69. The van der Waals surface area contributed by atoms with E-state index < -0.39 is 18.2 Å². The van der Waals surface area contributed by atoms with Crippen LogP contribution in [0.3, 0.4) is 0 Å². The van der Waals surface area contributed by atoms with E-state index in [2.05, 4.69) is 31.3 Å². The molecule has 1 amide bonds. The normalized spacial score (nSPS) is 13.9. The molecule has 0 heterocycles. The monoisotopic (exact) mass is 596 g/mol. The number of hydrogen-bond donors (Lipinski definition) is 4. The van der Waals surface area contributed by atoms with Crippen LogP contribution in [-0.2, 0) is 4.79 Å². The molecule has 0 aliphatic rings. The van der Waals surface area contributed by atoms with Gasteiger partial charge in [0.05, 0.1) is 31.3 Å². The molecular weight excluding hydrogens is 522 g/mol. The zero-order valence-corrected chi connectivity index (χ0v) is 28.1. The molecule has 0 saturated carbocycles. The van der Waals surface area contributed by atoms with Gasteiger partial charge in [-0.3, -0.25) is 4.79 Å². The Hall–Kier alpha value is -0.910. The molecule has 0 aromatic carbocycles. The molecule has 5 heteroatoms. The Morgan fingerprint density at radius 1 is 0.571 bits per heavy atom. The Morgan fingerprint density at radius 3 is 1.38 bits per heavy atom. The van der Waals surface area contributed by atoms with Crippen LogP contribution in [0, 0.1) is 0 Å². The smallest absolute Gasteiger partial charge is 0.222 e. The van der Waals surface area contributed by atoms with Crippen LogP contribution < -0.4 is 5.32 Å². The lowest BCUT2D eigenvalue weighted by atomic mass is 10.0. The minimum atomic E-state index is -0.745. The number of aliphatic hydroxyl groups excluding tert-OH is 3. The maximum absolute atomic E-state index is 12.3. The fourth-order valence-corrected chi connectivity index (χ4v) is 5.69. The first-order valence-corrected chi connectivity index (χ1v) is 18.5. The van der Waals surface area contributed by atoms with E-state index in [9.17, 15) is 20.1 Å². The van der Waals surface area contributed by atoms with E-state index in [-0.39, 0.29) is 18.9 Å². The summed E-state index contributed by atoms with van der Waals surface area (Å²) in [7, 11) is 0. The first-order chi connectivity index (χ1) is 20.5. The van der Waals surface area contributed by atoms with Crippen molar-refractivity contribution in [2.75, 3.05) is 6.61 Å². The van der Waals surface area contributed by atoms with Gasteiger partial charge in [-0.1, -0.05) is 161 Å². The molecule has 0 radical (unpaired) electrons. The first kappa shape index (κ1) is 41.1. The van der Waals surface area contributed by atoms with Gasteiger partial charge in [0.2, 0.25) is 5.91 Å². The molecule has 3 unspecified atom stereocenters. The third kappa shape index (κ3) is 29.2. The van der Waals surface area contributed by atoms with E-state index in [1.54, 1.807) is 0 Å². The summed E-state index contributed by atoms with van der Waals surface area (Å²) in [4.78, 5) is 12.3. The maximum atomic E-state index is 12.3. The molecular formula is C37H73NO4. The van der Waals surface area contributed by atoms with Crippen LogP contribution in [0.5, 0.6) is 0 Å². The standard InChI is InChI=1S/C37H73NO4/c1-3-5-7-9-11-13-14-15-16-17-18-19-20-21-23-24-26-28-30-34(40)32-37(42)38-35(33-39)36(41)31-29-27-25-22-12-10-8-6-4-2/h18-19,34-36,39-41H,3-17,20-33H2,1-2H3,(H,38,42)/b19-18-. The molecule has 0 saturated heterocycles. The van der Waals surface area contributed by atoms with Crippen LogP contribution in [-0.4, -0.2) is 46.1 Å². The molecule has 0 aliphatic heterocycles. The van der Waals surface area contributed by atoms with Crippen molar-refractivity contribution in [1.29, 1.82) is 0 Å². The predicted octanol–water partition coefficient (Wildman–Crippen LogP) is 9.70. The van der Waals surface area contributed by atoms with Gasteiger partial charge in [-0.05, 0) is 38.5 Å². The van der Waals surface area contributed by atoms with E-state index in [1.807, 2.05) is 0 Å². The molecule has 0 spiro atoms. The maximum Gasteiger partial charge on any atom is 0.222 e. The highest BCUT2D eigenvalue weighted by molar-refractivity contribution is 5.76. The van der Waals surface area contributed by atoms with Crippen molar-refractivity contribution < 1.29 is 20.1 Å². The summed E-state index contributed by atoms with van der Waals surface area (Å²) in [5.41, 5.74) is 0. The Bertz CT molecular complexity index is 582. The summed E-state index contributed by atoms with van der Waals surface area (Å²) >= 11 is 0. The van der Waals surface area contributed by atoms with Crippen LogP contribution in [0.15, 0.2) is 12.2 Å². The highest BCUT2D eigenvalue weighted by Crippen LogP contribution is 2.15. The van der Waals surface area contributed by atoms with Crippen molar-refractivity contribution in [3.63, 3.8) is 0 Å².